The van der Waals surface area contributed by atoms with Crippen LogP contribution in [0.3, 0.4) is 0 Å². The fraction of sp³-hybridized carbons (Fsp3) is 0.188. The number of nitrogens with zero attached hydrogens (tertiary/aromatic N) is 1. The Morgan fingerprint density at radius 3 is 2.59 bits per heavy atom. The number of nitrogens with one attached hydrogen (secondary N) is 2. The highest BCUT2D eigenvalue weighted by Crippen LogP contribution is 2.26. The number of fused-ring (bicyclic) bond motifs is 1. The van der Waals surface area contributed by atoms with E-state index in [-0.39, 0.29) is 26.5 Å². The molecule has 27 heavy (non-hydrogen) atoms. The van der Waals surface area contributed by atoms with Gasteiger partial charge >= 0.3 is 6.18 Å². The molecular formula is C16H13ClF3N3O3S. The molecule has 0 unspecified atom stereocenters. The minimum absolute atomic E-state index is 0.0132. The molecule has 0 atom stereocenters. The fourth-order valence-electron chi connectivity index (χ4n) is 2.65. The van der Waals surface area contributed by atoms with Gasteiger partial charge in [0.25, 0.3) is 15.6 Å². The van der Waals surface area contributed by atoms with Gasteiger partial charge in [0, 0.05) is 10.7 Å². The van der Waals surface area contributed by atoms with E-state index in [0.717, 1.165) is 0 Å². The number of anilines is 1. The van der Waals surface area contributed by atoms with E-state index in [1.54, 1.807) is 13.0 Å². The first-order valence-electron chi connectivity index (χ1n) is 7.55. The van der Waals surface area contributed by atoms with Crippen LogP contribution < -0.4 is 10.3 Å². The molecule has 3 aromatic rings. The lowest BCUT2D eigenvalue weighted by Gasteiger charge is -2.12. The predicted octanol–water partition coefficient (Wildman–Crippen LogP) is 3.65. The molecule has 0 spiro atoms. The molecule has 2 N–H and O–H groups in total. The zero-order valence-corrected chi connectivity index (χ0v) is 15.3. The molecule has 0 aliphatic rings. The average molecular weight is 420 g/mol. The van der Waals surface area contributed by atoms with Gasteiger partial charge in [-0.15, -0.1) is 0 Å². The second-order valence-electron chi connectivity index (χ2n) is 5.84. The number of aromatic amines is 1. The Balaban J connectivity index is 2.00. The monoisotopic (exact) mass is 419 g/mol. The predicted molar refractivity (Wildman–Crippen MR) is 95.6 cm³/mol. The number of H-pyrrole nitrogens is 1. The third kappa shape index (κ3) is 3.96. The molecular weight excluding hydrogens is 407 g/mol. The van der Waals surface area contributed by atoms with E-state index in [4.69, 9.17) is 11.6 Å². The molecule has 6 nitrogen and oxygen atoms in total. The zero-order valence-electron chi connectivity index (χ0n) is 13.8. The van der Waals surface area contributed by atoms with Gasteiger partial charge in [-0.1, -0.05) is 17.7 Å². The van der Waals surface area contributed by atoms with Gasteiger partial charge in [0.1, 0.15) is 6.54 Å². The van der Waals surface area contributed by atoms with E-state index in [1.165, 1.54) is 30.3 Å². The van der Waals surface area contributed by atoms with Crippen LogP contribution >= 0.6 is 11.6 Å². The highest BCUT2D eigenvalue weighted by Gasteiger charge is 2.29. The summed E-state index contributed by atoms with van der Waals surface area (Å²) in [6, 6.07) is 8.09. The largest absolute Gasteiger partial charge is 0.407 e. The summed E-state index contributed by atoms with van der Waals surface area (Å²) in [5.74, 6) is 0. The number of hydrogen-bond acceptors (Lipinski definition) is 3. The van der Waals surface area contributed by atoms with Crippen LogP contribution in [-0.4, -0.2) is 24.4 Å². The smallest absolute Gasteiger partial charge is 0.280 e. The van der Waals surface area contributed by atoms with Gasteiger partial charge in [0.2, 0.25) is 0 Å². The molecule has 3 rings (SSSR count). The Bertz CT molecular complexity index is 1180. The number of halogens is 4. The van der Waals surface area contributed by atoms with E-state index in [1.807, 2.05) is 0 Å². The normalized spacial score (nSPS) is 12.5. The minimum Gasteiger partial charge on any atom is -0.280 e. The van der Waals surface area contributed by atoms with E-state index >= 15 is 0 Å². The molecule has 1 aromatic heterocycles. The van der Waals surface area contributed by atoms with E-state index < -0.39 is 28.3 Å². The SMILES string of the molecule is Cc1c(Cl)cccc1S(=O)(=O)Nc1ccc2c(c1)c(=O)[nH]n2CC(F)(F)F. The van der Waals surface area contributed by atoms with Crippen LogP contribution in [0, 0.1) is 6.92 Å². The van der Waals surface area contributed by atoms with E-state index in [9.17, 15) is 26.4 Å². The summed E-state index contributed by atoms with van der Waals surface area (Å²) in [6.07, 6.45) is -4.51. The van der Waals surface area contributed by atoms with Crippen molar-refractivity contribution >= 4 is 38.2 Å². The van der Waals surface area contributed by atoms with Gasteiger partial charge in [0.05, 0.1) is 15.8 Å². The Hall–Kier alpha value is -2.46. The Kier molecular flexibility index (Phi) is 4.73. The summed E-state index contributed by atoms with van der Waals surface area (Å²) in [5.41, 5.74) is -0.354. The standard InChI is InChI=1S/C16H13ClF3N3O3S/c1-9-12(17)3-2-4-14(9)27(25,26)22-10-5-6-13-11(7-10)15(24)21-23(13)8-16(18,19)20/h2-7,22H,8H2,1H3,(H,21,24). The maximum Gasteiger partial charge on any atom is 0.407 e. The van der Waals surface area contributed by atoms with Crippen molar-refractivity contribution in [2.45, 2.75) is 24.5 Å². The Morgan fingerprint density at radius 1 is 1.22 bits per heavy atom. The number of sulfonamides is 1. The second-order valence-corrected chi connectivity index (χ2v) is 7.90. The first-order valence-corrected chi connectivity index (χ1v) is 9.41. The lowest BCUT2D eigenvalue weighted by Crippen LogP contribution is -2.19. The van der Waals surface area contributed by atoms with Crippen molar-refractivity contribution in [3.8, 4) is 0 Å². The third-order valence-corrected chi connectivity index (χ3v) is 5.80. The van der Waals surface area contributed by atoms with Crippen LogP contribution in [0.1, 0.15) is 5.56 Å². The van der Waals surface area contributed by atoms with Gasteiger partial charge < -0.3 is 0 Å². The molecule has 0 aliphatic carbocycles. The number of benzene rings is 2. The maximum atomic E-state index is 12.6. The van der Waals surface area contributed by atoms with Gasteiger partial charge in [-0.3, -0.25) is 19.3 Å². The van der Waals surface area contributed by atoms with Crippen molar-refractivity contribution < 1.29 is 21.6 Å². The first kappa shape index (κ1) is 19.3. The summed E-state index contributed by atoms with van der Waals surface area (Å²) in [7, 11) is -4.00. The molecule has 0 fully saturated rings. The Labute approximate surface area is 156 Å². The second kappa shape index (κ2) is 6.61. The summed E-state index contributed by atoms with van der Waals surface area (Å²) < 4.78 is 65.9. The lowest BCUT2D eigenvalue weighted by atomic mass is 10.2. The van der Waals surface area contributed by atoms with Crippen molar-refractivity contribution in [1.29, 1.82) is 0 Å². The van der Waals surface area contributed by atoms with Crippen molar-refractivity contribution in [2.24, 2.45) is 0 Å². The van der Waals surface area contributed by atoms with Crippen LogP contribution in [-0.2, 0) is 16.6 Å². The van der Waals surface area contributed by atoms with Gasteiger partial charge in [-0.05, 0) is 42.8 Å². The maximum absolute atomic E-state index is 12.6. The molecule has 2 aromatic carbocycles. The highest BCUT2D eigenvalue weighted by atomic mass is 35.5. The summed E-state index contributed by atoms with van der Waals surface area (Å²) in [6.45, 7) is 0.181. The molecule has 0 amide bonds. The van der Waals surface area contributed by atoms with Crippen LogP contribution in [0.25, 0.3) is 10.9 Å². The number of rotatable bonds is 4. The van der Waals surface area contributed by atoms with Gasteiger partial charge in [0.15, 0.2) is 0 Å². The molecule has 144 valence electrons. The first-order chi connectivity index (χ1) is 12.5. The quantitative estimate of drug-likeness (QED) is 0.677. The molecule has 0 saturated heterocycles. The minimum atomic E-state index is -4.51. The summed E-state index contributed by atoms with van der Waals surface area (Å²) >= 11 is 5.94. The zero-order chi connectivity index (χ0) is 20.0. The van der Waals surface area contributed by atoms with Crippen molar-refractivity contribution in [1.82, 2.24) is 9.78 Å². The molecule has 0 bridgehead atoms. The lowest BCUT2D eigenvalue weighted by molar-refractivity contribution is -0.141. The van der Waals surface area contributed by atoms with E-state index in [0.29, 0.717) is 10.2 Å². The van der Waals surface area contributed by atoms with Crippen molar-refractivity contribution in [2.75, 3.05) is 4.72 Å². The van der Waals surface area contributed by atoms with Crippen LogP contribution in [0.2, 0.25) is 5.02 Å². The van der Waals surface area contributed by atoms with Crippen LogP contribution in [0.5, 0.6) is 0 Å². The summed E-state index contributed by atoms with van der Waals surface area (Å²) in [4.78, 5) is 11.9. The molecule has 0 aliphatic heterocycles. The number of alkyl halides is 3. The average Bonchev–Trinajstić information content (AvgIpc) is 2.83. The Morgan fingerprint density at radius 2 is 1.93 bits per heavy atom. The van der Waals surface area contributed by atoms with Crippen molar-refractivity contribution in [3.05, 3.63) is 57.3 Å². The van der Waals surface area contributed by atoms with Crippen molar-refractivity contribution in [3.63, 3.8) is 0 Å². The summed E-state index contributed by atoms with van der Waals surface area (Å²) in [5, 5.41) is 2.30. The molecule has 1 heterocycles. The number of hydrogen-bond donors (Lipinski definition) is 2. The fourth-order valence-corrected chi connectivity index (χ4v) is 4.20. The van der Waals surface area contributed by atoms with Gasteiger partial charge in [-0.25, -0.2) is 8.42 Å². The van der Waals surface area contributed by atoms with Crippen LogP contribution in [0.4, 0.5) is 18.9 Å². The van der Waals surface area contributed by atoms with Gasteiger partial charge in [-0.2, -0.15) is 13.2 Å². The molecule has 0 saturated carbocycles. The molecule has 11 heteroatoms. The topological polar surface area (TPSA) is 84.0 Å². The highest BCUT2D eigenvalue weighted by molar-refractivity contribution is 7.92. The third-order valence-electron chi connectivity index (χ3n) is 3.87. The molecule has 0 radical (unpaired) electrons. The number of aromatic nitrogens is 2. The van der Waals surface area contributed by atoms with Crippen LogP contribution in [0.15, 0.2) is 46.1 Å². The van der Waals surface area contributed by atoms with E-state index in [2.05, 4.69) is 9.82 Å².